The van der Waals surface area contributed by atoms with Crippen LogP contribution in [0.2, 0.25) is 0 Å². The lowest BCUT2D eigenvalue weighted by Gasteiger charge is -2.27. The molecule has 0 amide bonds. The number of nitrogens with one attached hydrogen (secondary N) is 1. The van der Waals surface area contributed by atoms with E-state index < -0.39 is 0 Å². The van der Waals surface area contributed by atoms with Crippen LogP contribution < -0.4 is 10.2 Å². The van der Waals surface area contributed by atoms with Crippen LogP contribution in [-0.4, -0.2) is 39.7 Å². The molecule has 1 fully saturated rings. The highest BCUT2D eigenvalue weighted by Gasteiger charge is 2.12. The number of rotatable bonds is 5. The predicted octanol–water partition coefficient (Wildman–Crippen LogP) is 1.81. The molecule has 7 nitrogen and oxygen atoms in total. The van der Waals surface area contributed by atoms with Gasteiger partial charge in [-0.25, -0.2) is 9.97 Å². The van der Waals surface area contributed by atoms with Crippen molar-refractivity contribution in [1.29, 1.82) is 0 Å². The molecule has 1 N–H and O–H groups in total. The van der Waals surface area contributed by atoms with Gasteiger partial charge in [-0.1, -0.05) is 5.16 Å². The molecule has 0 bridgehead atoms. The standard InChI is InChI=1S/C14H20N6O/c1-11-18-14(21-19-11)5-6-15-12-9-13(17-10-16-12)20-7-3-2-4-8-20/h9-10H,2-8H2,1H3,(H,15,16,17). The number of aryl methyl sites for hydroxylation is 1. The van der Waals surface area contributed by atoms with Crippen molar-refractivity contribution in [3.8, 4) is 0 Å². The first-order valence-electron chi connectivity index (χ1n) is 7.41. The van der Waals surface area contributed by atoms with Crippen molar-refractivity contribution in [1.82, 2.24) is 20.1 Å². The van der Waals surface area contributed by atoms with E-state index in [1.54, 1.807) is 6.33 Å². The Morgan fingerprint density at radius 1 is 1.24 bits per heavy atom. The second kappa shape index (κ2) is 6.51. The number of anilines is 2. The van der Waals surface area contributed by atoms with E-state index in [1.165, 1.54) is 19.3 Å². The van der Waals surface area contributed by atoms with E-state index in [-0.39, 0.29) is 0 Å². The van der Waals surface area contributed by atoms with Crippen LogP contribution >= 0.6 is 0 Å². The summed E-state index contributed by atoms with van der Waals surface area (Å²) in [4.78, 5) is 15.1. The van der Waals surface area contributed by atoms with E-state index in [0.29, 0.717) is 24.7 Å². The predicted molar refractivity (Wildman–Crippen MR) is 79.3 cm³/mol. The van der Waals surface area contributed by atoms with Gasteiger partial charge in [0.25, 0.3) is 0 Å². The molecule has 0 radical (unpaired) electrons. The van der Waals surface area contributed by atoms with Crippen LogP contribution in [0.25, 0.3) is 0 Å². The fraction of sp³-hybridized carbons (Fsp3) is 0.571. The lowest BCUT2D eigenvalue weighted by Crippen LogP contribution is -2.30. The zero-order valence-electron chi connectivity index (χ0n) is 12.2. The summed E-state index contributed by atoms with van der Waals surface area (Å²) in [5.74, 6) is 3.15. The van der Waals surface area contributed by atoms with E-state index in [1.807, 2.05) is 13.0 Å². The van der Waals surface area contributed by atoms with Gasteiger partial charge in [0.1, 0.15) is 18.0 Å². The largest absolute Gasteiger partial charge is 0.369 e. The molecule has 1 aliphatic heterocycles. The SMILES string of the molecule is Cc1noc(CCNc2cc(N3CCCCC3)ncn2)n1. The van der Waals surface area contributed by atoms with Gasteiger partial charge in [0.05, 0.1) is 0 Å². The molecule has 3 rings (SSSR count). The highest BCUT2D eigenvalue weighted by atomic mass is 16.5. The lowest BCUT2D eigenvalue weighted by atomic mass is 10.1. The molecule has 2 aromatic heterocycles. The molecule has 0 aliphatic carbocycles. The zero-order valence-corrected chi connectivity index (χ0v) is 12.2. The Bertz CT molecular complexity index is 578. The minimum Gasteiger partial charge on any atom is -0.369 e. The number of aromatic nitrogens is 4. The van der Waals surface area contributed by atoms with Gasteiger partial charge in [0, 0.05) is 32.1 Å². The summed E-state index contributed by atoms with van der Waals surface area (Å²) in [6, 6.07) is 2.00. The van der Waals surface area contributed by atoms with E-state index in [2.05, 4.69) is 30.3 Å². The quantitative estimate of drug-likeness (QED) is 0.898. The first kappa shape index (κ1) is 13.8. The molecular weight excluding hydrogens is 268 g/mol. The number of hydrogen-bond donors (Lipinski definition) is 1. The van der Waals surface area contributed by atoms with E-state index >= 15 is 0 Å². The molecule has 1 aliphatic rings. The summed E-state index contributed by atoms with van der Waals surface area (Å²) in [7, 11) is 0. The zero-order chi connectivity index (χ0) is 14.5. The lowest BCUT2D eigenvalue weighted by molar-refractivity contribution is 0.377. The Hall–Kier alpha value is -2.18. The van der Waals surface area contributed by atoms with Crippen molar-refractivity contribution in [3.63, 3.8) is 0 Å². The maximum absolute atomic E-state index is 5.08. The molecule has 0 aromatic carbocycles. The van der Waals surface area contributed by atoms with Gasteiger partial charge in [0.15, 0.2) is 5.82 Å². The van der Waals surface area contributed by atoms with Gasteiger partial charge in [-0.05, 0) is 26.2 Å². The first-order chi connectivity index (χ1) is 10.3. The molecule has 0 atom stereocenters. The summed E-state index contributed by atoms with van der Waals surface area (Å²) in [6.45, 7) is 4.68. The van der Waals surface area contributed by atoms with Gasteiger partial charge in [-0.3, -0.25) is 0 Å². The number of hydrogen-bond acceptors (Lipinski definition) is 7. The van der Waals surface area contributed by atoms with Crippen molar-refractivity contribution in [2.75, 3.05) is 29.9 Å². The average Bonchev–Trinajstić information content (AvgIpc) is 2.94. The molecular formula is C14H20N6O. The molecule has 1 saturated heterocycles. The maximum Gasteiger partial charge on any atom is 0.228 e. The van der Waals surface area contributed by atoms with Crippen LogP contribution in [-0.2, 0) is 6.42 Å². The Labute approximate surface area is 123 Å². The molecule has 3 heterocycles. The molecule has 112 valence electrons. The summed E-state index contributed by atoms with van der Waals surface area (Å²) in [5.41, 5.74) is 0. The highest BCUT2D eigenvalue weighted by Crippen LogP contribution is 2.19. The number of piperidine rings is 1. The maximum atomic E-state index is 5.08. The highest BCUT2D eigenvalue weighted by molar-refractivity contribution is 5.48. The summed E-state index contributed by atoms with van der Waals surface area (Å²) in [6.07, 6.45) is 6.09. The normalized spacial score (nSPS) is 15.2. The van der Waals surface area contributed by atoms with Crippen molar-refractivity contribution in [3.05, 3.63) is 24.1 Å². The molecule has 2 aromatic rings. The molecule has 21 heavy (non-hydrogen) atoms. The fourth-order valence-corrected chi connectivity index (χ4v) is 2.48. The van der Waals surface area contributed by atoms with Gasteiger partial charge < -0.3 is 14.7 Å². The van der Waals surface area contributed by atoms with Crippen molar-refractivity contribution < 1.29 is 4.52 Å². The van der Waals surface area contributed by atoms with Crippen LogP contribution in [0.3, 0.4) is 0 Å². The van der Waals surface area contributed by atoms with Gasteiger partial charge in [-0.15, -0.1) is 0 Å². The Morgan fingerprint density at radius 3 is 2.86 bits per heavy atom. The number of nitrogens with zero attached hydrogens (tertiary/aromatic N) is 5. The third-order valence-electron chi connectivity index (χ3n) is 3.55. The van der Waals surface area contributed by atoms with E-state index in [9.17, 15) is 0 Å². The molecule has 0 saturated carbocycles. The van der Waals surface area contributed by atoms with Gasteiger partial charge in [0.2, 0.25) is 5.89 Å². The summed E-state index contributed by atoms with van der Waals surface area (Å²) < 4.78 is 5.08. The van der Waals surface area contributed by atoms with Crippen molar-refractivity contribution in [2.24, 2.45) is 0 Å². The van der Waals surface area contributed by atoms with Crippen LogP contribution in [0.4, 0.5) is 11.6 Å². The monoisotopic (exact) mass is 288 g/mol. The van der Waals surface area contributed by atoms with Crippen molar-refractivity contribution in [2.45, 2.75) is 32.6 Å². The smallest absolute Gasteiger partial charge is 0.228 e. The minimum atomic E-state index is 0.644. The van der Waals surface area contributed by atoms with Crippen LogP contribution in [0, 0.1) is 6.92 Å². The molecule has 7 heteroatoms. The Kier molecular flexibility index (Phi) is 4.28. The summed E-state index contributed by atoms with van der Waals surface area (Å²) >= 11 is 0. The summed E-state index contributed by atoms with van der Waals surface area (Å²) in [5, 5.41) is 7.05. The topological polar surface area (TPSA) is 80.0 Å². The third kappa shape index (κ3) is 3.68. The van der Waals surface area contributed by atoms with Crippen LogP contribution in [0.15, 0.2) is 16.9 Å². The van der Waals surface area contributed by atoms with Crippen LogP contribution in [0.1, 0.15) is 31.0 Å². The van der Waals surface area contributed by atoms with E-state index in [4.69, 9.17) is 4.52 Å². The second-order valence-electron chi connectivity index (χ2n) is 5.22. The first-order valence-corrected chi connectivity index (χ1v) is 7.41. The third-order valence-corrected chi connectivity index (χ3v) is 3.55. The molecule has 0 spiro atoms. The Morgan fingerprint density at radius 2 is 2.10 bits per heavy atom. The molecule has 0 unspecified atom stereocenters. The fourth-order valence-electron chi connectivity index (χ4n) is 2.48. The minimum absolute atomic E-state index is 0.644. The van der Waals surface area contributed by atoms with Crippen molar-refractivity contribution >= 4 is 11.6 Å². The second-order valence-corrected chi connectivity index (χ2v) is 5.22. The van der Waals surface area contributed by atoms with Gasteiger partial charge in [-0.2, -0.15) is 4.98 Å². The average molecular weight is 288 g/mol. The van der Waals surface area contributed by atoms with E-state index in [0.717, 1.165) is 24.7 Å². The van der Waals surface area contributed by atoms with Gasteiger partial charge >= 0.3 is 0 Å². The van der Waals surface area contributed by atoms with Crippen LogP contribution in [0.5, 0.6) is 0 Å². The Balaban J connectivity index is 1.55.